The molecule has 1 heterocycles. The summed E-state index contributed by atoms with van der Waals surface area (Å²) in [5, 5.41) is 3.27. The van der Waals surface area contributed by atoms with E-state index in [1.165, 1.54) is 57.2 Å². The van der Waals surface area contributed by atoms with Crippen molar-refractivity contribution in [2.45, 2.75) is 51.1 Å². The van der Waals surface area contributed by atoms with E-state index in [0.29, 0.717) is 6.04 Å². The van der Waals surface area contributed by atoms with Crippen molar-refractivity contribution in [1.29, 1.82) is 0 Å². The SMILES string of the molecule is O=C(N[C@H]1C[C@@H]2CC[C@@H]1C2)c1ccc(CN2CCCC2)cc1. The molecule has 2 bridgehead atoms. The zero-order valence-corrected chi connectivity index (χ0v) is 13.3. The van der Waals surface area contributed by atoms with E-state index in [1.54, 1.807) is 0 Å². The number of hydrogen-bond donors (Lipinski definition) is 1. The van der Waals surface area contributed by atoms with Crippen molar-refractivity contribution < 1.29 is 4.79 Å². The van der Waals surface area contributed by atoms with Gasteiger partial charge in [0.25, 0.3) is 5.91 Å². The normalized spacial score (nSPS) is 30.8. The topological polar surface area (TPSA) is 32.3 Å². The average Bonchev–Trinajstić information content (AvgIpc) is 3.25. The standard InChI is InChI=1S/C19H26N2O/c22-19(20-18-12-15-5-8-17(18)11-15)16-6-3-14(4-7-16)13-21-9-1-2-10-21/h3-4,6-7,15,17-18H,1-2,5,8-13H2,(H,20,22)/t15-,17-,18+/m1/s1. The van der Waals surface area contributed by atoms with E-state index in [9.17, 15) is 4.79 Å². The van der Waals surface area contributed by atoms with Crippen molar-refractivity contribution in [3.8, 4) is 0 Å². The first-order valence-electron chi connectivity index (χ1n) is 8.90. The summed E-state index contributed by atoms with van der Waals surface area (Å²) >= 11 is 0. The van der Waals surface area contributed by atoms with E-state index in [-0.39, 0.29) is 5.91 Å². The molecule has 3 atom stereocenters. The summed E-state index contributed by atoms with van der Waals surface area (Å²) < 4.78 is 0. The first-order chi connectivity index (χ1) is 10.8. The fourth-order valence-electron chi connectivity index (χ4n) is 4.63. The number of benzene rings is 1. The summed E-state index contributed by atoms with van der Waals surface area (Å²) in [7, 11) is 0. The quantitative estimate of drug-likeness (QED) is 0.926. The molecular weight excluding hydrogens is 272 g/mol. The monoisotopic (exact) mass is 298 g/mol. The Labute approximate surface area is 133 Å². The van der Waals surface area contributed by atoms with Crippen molar-refractivity contribution in [3.63, 3.8) is 0 Å². The first kappa shape index (κ1) is 14.3. The highest BCUT2D eigenvalue weighted by Gasteiger charge is 2.40. The predicted molar refractivity (Wildman–Crippen MR) is 87.7 cm³/mol. The van der Waals surface area contributed by atoms with Crippen LogP contribution in [0.5, 0.6) is 0 Å². The molecule has 1 aromatic rings. The minimum Gasteiger partial charge on any atom is -0.349 e. The molecule has 3 heteroatoms. The van der Waals surface area contributed by atoms with E-state index in [0.717, 1.165) is 23.9 Å². The van der Waals surface area contributed by atoms with Gasteiger partial charge >= 0.3 is 0 Å². The number of fused-ring (bicyclic) bond motifs is 2. The fraction of sp³-hybridized carbons (Fsp3) is 0.632. The molecule has 1 aromatic carbocycles. The summed E-state index contributed by atoms with van der Waals surface area (Å²) in [6.07, 6.45) is 7.86. The summed E-state index contributed by atoms with van der Waals surface area (Å²) in [5.41, 5.74) is 2.13. The van der Waals surface area contributed by atoms with Crippen LogP contribution in [-0.2, 0) is 6.54 Å². The predicted octanol–water partition coefficient (Wildman–Crippen LogP) is 3.20. The molecule has 1 amide bonds. The molecule has 118 valence electrons. The summed E-state index contributed by atoms with van der Waals surface area (Å²) in [4.78, 5) is 14.9. The van der Waals surface area contributed by atoms with E-state index >= 15 is 0 Å². The molecule has 3 fully saturated rings. The third-order valence-corrected chi connectivity index (χ3v) is 5.88. The highest BCUT2D eigenvalue weighted by atomic mass is 16.1. The van der Waals surface area contributed by atoms with Crippen molar-refractivity contribution >= 4 is 5.91 Å². The maximum absolute atomic E-state index is 12.4. The number of carbonyl (C=O) groups excluding carboxylic acids is 1. The molecule has 0 radical (unpaired) electrons. The maximum atomic E-state index is 12.4. The van der Waals surface area contributed by atoms with Crippen molar-refractivity contribution in [2.75, 3.05) is 13.1 Å². The lowest BCUT2D eigenvalue weighted by Crippen LogP contribution is -2.38. The van der Waals surface area contributed by atoms with Gasteiger partial charge in [0.1, 0.15) is 0 Å². The zero-order chi connectivity index (χ0) is 14.9. The number of nitrogens with zero attached hydrogens (tertiary/aromatic N) is 1. The van der Waals surface area contributed by atoms with Gasteiger partial charge in [-0.2, -0.15) is 0 Å². The van der Waals surface area contributed by atoms with Gasteiger partial charge in [0.05, 0.1) is 0 Å². The van der Waals surface area contributed by atoms with Crippen LogP contribution >= 0.6 is 0 Å². The minimum atomic E-state index is 0.116. The van der Waals surface area contributed by atoms with Gasteiger partial charge in [0.15, 0.2) is 0 Å². The van der Waals surface area contributed by atoms with Crippen LogP contribution in [0.3, 0.4) is 0 Å². The Balaban J connectivity index is 1.34. The van der Waals surface area contributed by atoms with Crippen LogP contribution in [0.2, 0.25) is 0 Å². The van der Waals surface area contributed by atoms with Gasteiger partial charge in [0.2, 0.25) is 0 Å². The minimum absolute atomic E-state index is 0.116. The number of rotatable bonds is 4. The molecule has 0 unspecified atom stereocenters. The Morgan fingerprint density at radius 3 is 2.50 bits per heavy atom. The average molecular weight is 298 g/mol. The van der Waals surface area contributed by atoms with Gasteiger partial charge < -0.3 is 5.32 Å². The number of amides is 1. The van der Waals surface area contributed by atoms with Crippen LogP contribution in [0, 0.1) is 11.8 Å². The summed E-state index contributed by atoms with van der Waals surface area (Å²) in [6, 6.07) is 8.65. The highest BCUT2D eigenvalue weighted by molar-refractivity contribution is 5.94. The van der Waals surface area contributed by atoms with E-state index in [1.807, 2.05) is 12.1 Å². The molecule has 1 aliphatic heterocycles. The Kier molecular flexibility index (Phi) is 3.91. The number of hydrogen-bond acceptors (Lipinski definition) is 2. The maximum Gasteiger partial charge on any atom is 0.251 e. The van der Waals surface area contributed by atoms with Gasteiger partial charge in [-0.1, -0.05) is 18.6 Å². The van der Waals surface area contributed by atoms with Gasteiger partial charge in [-0.15, -0.1) is 0 Å². The zero-order valence-electron chi connectivity index (χ0n) is 13.3. The van der Waals surface area contributed by atoms with Gasteiger partial charge in [-0.3, -0.25) is 9.69 Å². The third-order valence-electron chi connectivity index (χ3n) is 5.88. The van der Waals surface area contributed by atoms with Crippen LogP contribution in [0.15, 0.2) is 24.3 Å². The largest absolute Gasteiger partial charge is 0.349 e. The van der Waals surface area contributed by atoms with Gasteiger partial charge in [-0.25, -0.2) is 0 Å². The second-order valence-corrected chi connectivity index (χ2v) is 7.43. The summed E-state index contributed by atoms with van der Waals surface area (Å²) in [6.45, 7) is 3.45. The van der Waals surface area contributed by atoms with Gasteiger partial charge in [-0.05, 0) is 74.7 Å². The van der Waals surface area contributed by atoms with Gasteiger partial charge in [0, 0.05) is 18.2 Å². The van der Waals surface area contributed by atoms with Crippen molar-refractivity contribution in [2.24, 2.45) is 11.8 Å². The second kappa shape index (κ2) is 6.04. The highest BCUT2D eigenvalue weighted by Crippen LogP contribution is 2.44. The molecule has 0 aromatic heterocycles. The molecule has 3 nitrogen and oxygen atoms in total. The van der Waals surface area contributed by atoms with Crippen LogP contribution in [-0.4, -0.2) is 29.9 Å². The number of likely N-dealkylation sites (tertiary alicyclic amines) is 1. The van der Waals surface area contributed by atoms with E-state index in [2.05, 4.69) is 22.3 Å². The lowest BCUT2D eigenvalue weighted by molar-refractivity contribution is 0.0923. The molecule has 1 N–H and O–H groups in total. The van der Waals surface area contributed by atoms with Crippen molar-refractivity contribution in [3.05, 3.63) is 35.4 Å². The number of carbonyl (C=O) groups is 1. The lowest BCUT2D eigenvalue weighted by Gasteiger charge is -2.23. The Morgan fingerprint density at radius 2 is 1.86 bits per heavy atom. The Hall–Kier alpha value is -1.35. The van der Waals surface area contributed by atoms with Crippen LogP contribution in [0.4, 0.5) is 0 Å². The van der Waals surface area contributed by atoms with Crippen molar-refractivity contribution in [1.82, 2.24) is 10.2 Å². The molecule has 1 saturated heterocycles. The Bertz CT molecular complexity index is 533. The molecule has 2 aliphatic carbocycles. The molecule has 2 saturated carbocycles. The molecule has 3 aliphatic rings. The molecule has 0 spiro atoms. The fourth-order valence-corrected chi connectivity index (χ4v) is 4.63. The van der Waals surface area contributed by atoms with E-state index in [4.69, 9.17) is 0 Å². The summed E-state index contributed by atoms with van der Waals surface area (Å²) in [5.74, 6) is 1.73. The number of nitrogens with one attached hydrogen (secondary N) is 1. The first-order valence-corrected chi connectivity index (χ1v) is 8.90. The molecular formula is C19H26N2O. The Morgan fingerprint density at radius 1 is 1.09 bits per heavy atom. The molecule has 4 rings (SSSR count). The molecule has 22 heavy (non-hydrogen) atoms. The van der Waals surface area contributed by atoms with E-state index < -0.39 is 0 Å². The smallest absolute Gasteiger partial charge is 0.251 e. The van der Waals surface area contributed by atoms with Crippen LogP contribution in [0.25, 0.3) is 0 Å². The second-order valence-electron chi connectivity index (χ2n) is 7.43. The van der Waals surface area contributed by atoms with Crippen LogP contribution < -0.4 is 5.32 Å². The third kappa shape index (κ3) is 2.91. The lowest BCUT2D eigenvalue weighted by atomic mass is 9.95. The van der Waals surface area contributed by atoms with Crippen LogP contribution in [0.1, 0.15) is 54.4 Å².